The molecule has 1 heteroatoms. The van der Waals surface area contributed by atoms with Crippen molar-refractivity contribution in [3.05, 3.63) is 29.3 Å². The molecular weight excluding hydrogens is 146 g/mol. The van der Waals surface area contributed by atoms with Crippen molar-refractivity contribution in [2.45, 2.75) is 6.92 Å². The molecule has 62 valence electrons. The normalized spacial score (nSPS) is 9.17. The Hall–Kier alpha value is -1.42. The summed E-state index contributed by atoms with van der Waals surface area (Å²) >= 11 is 0. The van der Waals surface area contributed by atoms with Crippen molar-refractivity contribution in [3.8, 4) is 12.3 Å². The van der Waals surface area contributed by atoms with Gasteiger partial charge in [0.15, 0.2) is 0 Å². The van der Waals surface area contributed by atoms with Gasteiger partial charge in [-0.1, -0.05) is 12.0 Å². The molecule has 0 fully saturated rings. The molecule has 0 aliphatic rings. The van der Waals surface area contributed by atoms with Crippen LogP contribution in [0.3, 0.4) is 0 Å². The first-order chi connectivity index (χ1) is 5.65. The molecule has 0 unspecified atom stereocenters. The van der Waals surface area contributed by atoms with E-state index in [2.05, 4.69) is 12.0 Å². The van der Waals surface area contributed by atoms with Crippen molar-refractivity contribution in [1.29, 1.82) is 0 Å². The summed E-state index contributed by atoms with van der Waals surface area (Å²) in [5.41, 5.74) is 3.26. The molecule has 0 heterocycles. The van der Waals surface area contributed by atoms with Crippen LogP contribution >= 0.6 is 0 Å². The van der Waals surface area contributed by atoms with E-state index in [1.807, 2.05) is 38.1 Å². The van der Waals surface area contributed by atoms with Crippen molar-refractivity contribution < 1.29 is 0 Å². The lowest BCUT2D eigenvalue weighted by atomic mass is 10.1. The average Bonchev–Trinajstić information content (AvgIpc) is 2.03. The van der Waals surface area contributed by atoms with E-state index in [-0.39, 0.29) is 0 Å². The van der Waals surface area contributed by atoms with Gasteiger partial charge in [-0.25, -0.2) is 0 Å². The summed E-state index contributed by atoms with van der Waals surface area (Å²) in [6.07, 6.45) is 5.38. The van der Waals surface area contributed by atoms with Gasteiger partial charge in [-0.15, -0.1) is 6.42 Å². The lowest BCUT2D eigenvalue weighted by molar-refractivity contribution is 1.12. The fourth-order valence-electron chi connectivity index (χ4n) is 1.16. The highest BCUT2D eigenvalue weighted by atomic mass is 15.1. The molecular formula is C11H13N. The lowest BCUT2D eigenvalue weighted by Gasteiger charge is -2.14. The summed E-state index contributed by atoms with van der Waals surface area (Å²) in [4.78, 5) is 2.02. The molecule has 0 aliphatic heterocycles. The molecule has 1 aromatic rings. The molecule has 0 spiro atoms. The molecule has 0 bridgehead atoms. The predicted molar refractivity (Wildman–Crippen MR) is 53.4 cm³/mol. The topological polar surface area (TPSA) is 3.24 Å². The number of hydrogen-bond acceptors (Lipinski definition) is 1. The van der Waals surface area contributed by atoms with Gasteiger partial charge in [0.1, 0.15) is 0 Å². The van der Waals surface area contributed by atoms with Gasteiger partial charge in [-0.05, 0) is 24.6 Å². The highest BCUT2D eigenvalue weighted by molar-refractivity contribution is 5.60. The van der Waals surface area contributed by atoms with Crippen LogP contribution in [0.2, 0.25) is 0 Å². The monoisotopic (exact) mass is 159 g/mol. The number of hydrogen-bond donors (Lipinski definition) is 0. The summed E-state index contributed by atoms with van der Waals surface area (Å²) < 4.78 is 0. The van der Waals surface area contributed by atoms with Crippen LogP contribution in [0.1, 0.15) is 11.1 Å². The Morgan fingerprint density at radius 2 is 2.00 bits per heavy atom. The number of aryl methyl sites for hydroxylation is 1. The Morgan fingerprint density at radius 1 is 1.33 bits per heavy atom. The Morgan fingerprint density at radius 3 is 2.50 bits per heavy atom. The van der Waals surface area contributed by atoms with Crippen LogP contribution in [-0.2, 0) is 0 Å². The maximum atomic E-state index is 5.38. The van der Waals surface area contributed by atoms with E-state index in [0.29, 0.717) is 0 Å². The van der Waals surface area contributed by atoms with E-state index in [9.17, 15) is 0 Å². The molecule has 0 N–H and O–H groups in total. The molecule has 0 aromatic heterocycles. The Labute approximate surface area is 74.0 Å². The molecule has 0 saturated carbocycles. The first kappa shape index (κ1) is 8.67. The Balaban J connectivity index is 3.23. The second-order valence-electron chi connectivity index (χ2n) is 3.06. The summed E-state index contributed by atoms with van der Waals surface area (Å²) in [6.45, 7) is 2.04. The summed E-state index contributed by atoms with van der Waals surface area (Å²) in [5, 5.41) is 0. The molecule has 12 heavy (non-hydrogen) atoms. The van der Waals surface area contributed by atoms with Crippen LogP contribution in [0, 0.1) is 19.3 Å². The maximum absolute atomic E-state index is 5.38. The molecule has 0 atom stereocenters. The fraction of sp³-hybridized carbons (Fsp3) is 0.273. The Bertz CT molecular complexity index is 318. The van der Waals surface area contributed by atoms with Gasteiger partial charge in [0, 0.05) is 19.7 Å². The Kier molecular flexibility index (Phi) is 2.40. The highest BCUT2D eigenvalue weighted by Crippen LogP contribution is 2.18. The molecule has 1 aromatic carbocycles. The number of terminal acetylenes is 1. The lowest BCUT2D eigenvalue weighted by Crippen LogP contribution is -2.10. The van der Waals surface area contributed by atoms with Gasteiger partial charge < -0.3 is 4.90 Å². The number of rotatable bonds is 1. The molecule has 0 saturated heterocycles. The fourth-order valence-corrected chi connectivity index (χ4v) is 1.16. The first-order valence-electron chi connectivity index (χ1n) is 3.89. The van der Waals surface area contributed by atoms with E-state index in [0.717, 1.165) is 11.3 Å². The van der Waals surface area contributed by atoms with E-state index in [4.69, 9.17) is 6.42 Å². The number of nitrogens with zero attached hydrogens (tertiary/aromatic N) is 1. The molecule has 1 rings (SSSR count). The minimum atomic E-state index is 0.958. The zero-order valence-corrected chi connectivity index (χ0v) is 7.76. The third-order valence-electron chi connectivity index (χ3n) is 1.79. The van der Waals surface area contributed by atoms with E-state index in [1.165, 1.54) is 5.56 Å². The predicted octanol–water partition coefficient (Wildman–Crippen LogP) is 2.04. The minimum absolute atomic E-state index is 0.958. The van der Waals surface area contributed by atoms with Crippen molar-refractivity contribution in [2.24, 2.45) is 0 Å². The van der Waals surface area contributed by atoms with Gasteiger partial charge >= 0.3 is 0 Å². The van der Waals surface area contributed by atoms with Gasteiger partial charge in [-0.3, -0.25) is 0 Å². The minimum Gasteiger partial charge on any atom is -0.377 e. The van der Waals surface area contributed by atoms with Crippen molar-refractivity contribution in [2.75, 3.05) is 19.0 Å². The van der Waals surface area contributed by atoms with Crippen molar-refractivity contribution >= 4 is 5.69 Å². The van der Waals surface area contributed by atoms with E-state index >= 15 is 0 Å². The summed E-state index contributed by atoms with van der Waals surface area (Å²) in [6, 6.07) is 6.13. The van der Waals surface area contributed by atoms with Crippen LogP contribution in [-0.4, -0.2) is 14.1 Å². The van der Waals surface area contributed by atoms with Gasteiger partial charge in [0.2, 0.25) is 0 Å². The molecule has 1 nitrogen and oxygen atoms in total. The summed E-state index contributed by atoms with van der Waals surface area (Å²) in [7, 11) is 3.98. The van der Waals surface area contributed by atoms with E-state index < -0.39 is 0 Å². The number of benzene rings is 1. The molecule has 0 amide bonds. The third kappa shape index (κ3) is 1.60. The van der Waals surface area contributed by atoms with Crippen LogP contribution < -0.4 is 4.90 Å². The van der Waals surface area contributed by atoms with Gasteiger partial charge in [-0.2, -0.15) is 0 Å². The zero-order valence-electron chi connectivity index (χ0n) is 7.76. The summed E-state index contributed by atoms with van der Waals surface area (Å²) in [5.74, 6) is 2.68. The first-order valence-corrected chi connectivity index (χ1v) is 3.89. The quantitative estimate of drug-likeness (QED) is 0.567. The van der Waals surface area contributed by atoms with Crippen LogP contribution in [0.4, 0.5) is 5.69 Å². The largest absolute Gasteiger partial charge is 0.377 e. The maximum Gasteiger partial charge on any atom is 0.0520 e. The second kappa shape index (κ2) is 3.32. The smallest absolute Gasteiger partial charge is 0.0520 e. The van der Waals surface area contributed by atoms with Crippen molar-refractivity contribution in [1.82, 2.24) is 0 Å². The SMILES string of the molecule is C#Cc1cc(C)ccc1N(C)C. The van der Waals surface area contributed by atoms with Crippen molar-refractivity contribution in [3.63, 3.8) is 0 Å². The van der Waals surface area contributed by atoms with Crippen LogP contribution in [0.25, 0.3) is 0 Å². The second-order valence-corrected chi connectivity index (χ2v) is 3.06. The third-order valence-corrected chi connectivity index (χ3v) is 1.79. The van der Waals surface area contributed by atoms with Crippen LogP contribution in [0.15, 0.2) is 18.2 Å². The number of anilines is 1. The van der Waals surface area contributed by atoms with Gasteiger partial charge in [0.25, 0.3) is 0 Å². The van der Waals surface area contributed by atoms with Gasteiger partial charge in [0.05, 0.1) is 5.69 Å². The standard InChI is InChI=1S/C11H13N/c1-5-10-8-9(2)6-7-11(10)12(3)4/h1,6-8H,2-4H3. The zero-order chi connectivity index (χ0) is 9.14. The highest BCUT2D eigenvalue weighted by Gasteiger charge is 2.00. The van der Waals surface area contributed by atoms with E-state index in [1.54, 1.807) is 0 Å². The average molecular weight is 159 g/mol. The molecule has 0 radical (unpaired) electrons. The molecule has 0 aliphatic carbocycles. The van der Waals surface area contributed by atoms with Crippen LogP contribution in [0.5, 0.6) is 0 Å².